The highest BCUT2D eigenvalue weighted by Crippen LogP contribution is 2.24. The van der Waals surface area contributed by atoms with Crippen molar-refractivity contribution in [2.45, 2.75) is 13.3 Å². The maximum atomic E-state index is 11.6. The van der Waals surface area contributed by atoms with E-state index in [1.54, 1.807) is 6.92 Å². The van der Waals surface area contributed by atoms with Gasteiger partial charge in [0.2, 0.25) is 10.0 Å². The number of benzene rings is 1. The number of nitrogens with one attached hydrogen (secondary N) is 1. The molecule has 8 heteroatoms. The Morgan fingerprint density at radius 3 is 2.72 bits per heavy atom. The fraction of sp³-hybridized carbons (Fsp3) is 0.300. The molecule has 0 unspecified atom stereocenters. The number of amidine groups is 1. The van der Waals surface area contributed by atoms with Crippen LogP contribution in [0.4, 0.5) is 5.69 Å². The highest BCUT2D eigenvalue weighted by molar-refractivity contribution is 7.92. The lowest BCUT2D eigenvalue weighted by molar-refractivity contribution is 0.318. The molecule has 0 heterocycles. The summed E-state index contributed by atoms with van der Waals surface area (Å²) in [6.45, 7) is 1.77. The monoisotopic (exact) mass is 291 g/mol. The first-order valence-corrected chi connectivity index (χ1v) is 7.20. The molecule has 1 rings (SSSR count). The molecular formula is C10H14ClN3O3S. The summed E-state index contributed by atoms with van der Waals surface area (Å²) in [5, 5.41) is 11.5. The van der Waals surface area contributed by atoms with Crippen LogP contribution in [0.3, 0.4) is 0 Å². The zero-order valence-corrected chi connectivity index (χ0v) is 11.3. The van der Waals surface area contributed by atoms with Crippen molar-refractivity contribution in [2.75, 3.05) is 10.5 Å². The van der Waals surface area contributed by atoms with E-state index in [0.29, 0.717) is 12.0 Å². The Morgan fingerprint density at radius 1 is 1.56 bits per heavy atom. The number of nitrogens with zero attached hydrogens (tertiary/aromatic N) is 1. The van der Waals surface area contributed by atoms with Crippen molar-refractivity contribution in [3.63, 3.8) is 0 Å². The zero-order chi connectivity index (χ0) is 13.8. The molecule has 1 aromatic carbocycles. The largest absolute Gasteiger partial charge is 0.409 e. The van der Waals surface area contributed by atoms with Gasteiger partial charge < -0.3 is 10.9 Å². The molecule has 6 nitrogen and oxygen atoms in total. The average molecular weight is 292 g/mol. The molecule has 0 saturated heterocycles. The minimum absolute atomic E-state index is 0.0192. The molecule has 0 fully saturated rings. The Bertz CT molecular complexity index is 557. The maximum absolute atomic E-state index is 11.6. The van der Waals surface area contributed by atoms with Crippen molar-refractivity contribution in [2.24, 2.45) is 10.9 Å². The highest BCUT2D eigenvalue weighted by Gasteiger charge is 2.12. The molecule has 0 saturated carbocycles. The van der Waals surface area contributed by atoms with Crippen molar-refractivity contribution >= 4 is 33.1 Å². The Hall–Kier alpha value is -1.47. The third-order valence-corrected chi connectivity index (χ3v) is 3.90. The van der Waals surface area contributed by atoms with Crippen LogP contribution in [-0.2, 0) is 10.0 Å². The quantitative estimate of drug-likeness (QED) is 0.331. The summed E-state index contributed by atoms with van der Waals surface area (Å²) in [5.41, 5.74) is 6.06. The third kappa shape index (κ3) is 3.78. The molecule has 1 aromatic rings. The SMILES string of the molecule is CCCS(=O)(=O)Nc1ccc(/C(N)=N/O)cc1Cl. The van der Waals surface area contributed by atoms with E-state index in [0.717, 1.165) is 0 Å². The van der Waals surface area contributed by atoms with Crippen molar-refractivity contribution in [3.05, 3.63) is 28.8 Å². The average Bonchev–Trinajstić information content (AvgIpc) is 2.30. The van der Waals surface area contributed by atoms with Gasteiger partial charge in [-0.3, -0.25) is 4.72 Å². The van der Waals surface area contributed by atoms with Crippen molar-refractivity contribution in [3.8, 4) is 0 Å². The van der Waals surface area contributed by atoms with Crippen LogP contribution in [0.1, 0.15) is 18.9 Å². The summed E-state index contributed by atoms with van der Waals surface area (Å²) in [6, 6.07) is 4.38. The summed E-state index contributed by atoms with van der Waals surface area (Å²) in [7, 11) is -3.39. The van der Waals surface area contributed by atoms with Crippen LogP contribution in [0.2, 0.25) is 5.02 Å². The van der Waals surface area contributed by atoms with E-state index in [1.165, 1.54) is 18.2 Å². The Kier molecular flexibility index (Phi) is 4.80. The molecule has 0 amide bonds. The van der Waals surface area contributed by atoms with Crippen LogP contribution in [0, 0.1) is 0 Å². The van der Waals surface area contributed by atoms with Gasteiger partial charge in [0.15, 0.2) is 5.84 Å². The normalized spacial score (nSPS) is 12.4. The van der Waals surface area contributed by atoms with Gasteiger partial charge in [-0.25, -0.2) is 8.42 Å². The standard InChI is InChI=1S/C10H14ClN3O3S/c1-2-5-18(16,17)14-9-4-3-7(6-8(9)11)10(12)13-15/h3-4,6,14-15H,2,5H2,1H3,(H2,12,13). The topological polar surface area (TPSA) is 105 Å². The minimum atomic E-state index is -3.39. The van der Waals surface area contributed by atoms with E-state index in [2.05, 4.69) is 9.88 Å². The van der Waals surface area contributed by atoms with Gasteiger partial charge in [0.25, 0.3) is 0 Å². The fourth-order valence-electron chi connectivity index (χ4n) is 1.30. The van der Waals surface area contributed by atoms with Gasteiger partial charge in [-0.05, 0) is 24.6 Å². The number of nitrogens with two attached hydrogens (primary N) is 1. The van der Waals surface area contributed by atoms with E-state index in [-0.39, 0.29) is 22.3 Å². The Morgan fingerprint density at radius 2 is 2.22 bits per heavy atom. The van der Waals surface area contributed by atoms with Crippen LogP contribution in [0.15, 0.2) is 23.4 Å². The lowest BCUT2D eigenvalue weighted by Gasteiger charge is -2.09. The predicted octanol–water partition coefficient (Wildman–Crippen LogP) is 1.59. The second kappa shape index (κ2) is 5.92. The van der Waals surface area contributed by atoms with Crippen LogP contribution >= 0.6 is 11.6 Å². The van der Waals surface area contributed by atoms with Crippen molar-refractivity contribution in [1.82, 2.24) is 0 Å². The van der Waals surface area contributed by atoms with Crippen LogP contribution < -0.4 is 10.5 Å². The number of hydrogen-bond acceptors (Lipinski definition) is 4. The van der Waals surface area contributed by atoms with Gasteiger partial charge in [-0.2, -0.15) is 0 Å². The van der Waals surface area contributed by atoms with Gasteiger partial charge in [-0.1, -0.05) is 23.7 Å². The zero-order valence-electron chi connectivity index (χ0n) is 9.72. The number of halogens is 1. The molecule has 0 aliphatic carbocycles. The molecule has 0 radical (unpaired) electrons. The lowest BCUT2D eigenvalue weighted by Crippen LogP contribution is -2.17. The van der Waals surface area contributed by atoms with E-state index >= 15 is 0 Å². The molecule has 0 aliphatic rings. The van der Waals surface area contributed by atoms with Gasteiger partial charge in [0, 0.05) is 5.56 Å². The van der Waals surface area contributed by atoms with Gasteiger partial charge in [0.1, 0.15) is 0 Å². The summed E-state index contributed by atoms with van der Waals surface area (Å²) in [5.74, 6) is -0.0782. The summed E-state index contributed by atoms with van der Waals surface area (Å²) in [6.07, 6.45) is 0.509. The molecule has 100 valence electrons. The molecular weight excluding hydrogens is 278 g/mol. The Labute approximate surface area is 110 Å². The van der Waals surface area contributed by atoms with Crippen LogP contribution in [0.25, 0.3) is 0 Å². The molecule has 0 spiro atoms. The number of sulfonamides is 1. The fourth-order valence-corrected chi connectivity index (χ4v) is 2.74. The highest BCUT2D eigenvalue weighted by atomic mass is 35.5. The smallest absolute Gasteiger partial charge is 0.232 e. The predicted molar refractivity (Wildman–Crippen MR) is 71.7 cm³/mol. The van der Waals surface area contributed by atoms with Crippen LogP contribution in [0.5, 0.6) is 0 Å². The molecule has 0 bridgehead atoms. The summed E-state index contributed by atoms with van der Waals surface area (Å²) < 4.78 is 25.5. The van der Waals surface area contributed by atoms with E-state index in [4.69, 9.17) is 22.5 Å². The number of anilines is 1. The summed E-state index contributed by atoms with van der Waals surface area (Å²) in [4.78, 5) is 0. The Balaban J connectivity index is 3.00. The summed E-state index contributed by atoms with van der Waals surface area (Å²) >= 11 is 5.92. The molecule has 18 heavy (non-hydrogen) atoms. The lowest BCUT2D eigenvalue weighted by atomic mass is 10.2. The second-order valence-electron chi connectivity index (χ2n) is 3.60. The number of oxime groups is 1. The minimum Gasteiger partial charge on any atom is -0.409 e. The van der Waals surface area contributed by atoms with Crippen molar-refractivity contribution < 1.29 is 13.6 Å². The first-order valence-electron chi connectivity index (χ1n) is 5.17. The van der Waals surface area contributed by atoms with Crippen molar-refractivity contribution in [1.29, 1.82) is 0 Å². The first-order chi connectivity index (χ1) is 8.39. The first kappa shape index (κ1) is 14.6. The van der Waals surface area contributed by atoms with Crippen LogP contribution in [-0.4, -0.2) is 25.2 Å². The molecule has 0 aliphatic heterocycles. The molecule has 4 N–H and O–H groups in total. The van der Waals surface area contributed by atoms with E-state index in [9.17, 15) is 8.42 Å². The maximum Gasteiger partial charge on any atom is 0.232 e. The third-order valence-electron chi connectivity index (χ3n) is 2.11. The van der Waals surface area contributed by atoms with Gasteiger partial charge in [-0.15, -0.1) is 0 Å². The molecule has 0 aromatic heterocycles. The second-order valence-corrected chi connectivity index (χ2v) is 5.85. The number of rotatable bonds is 5. The molecule has 0 atom stereocenters. The van der Waals surface area contributed by atoms with E-state index < -0.39 is 10.0 Å². The van der Waals surface area contributed by atoms with Gasteiger partial charge in [0.05, 0.1) is 16.5 Å². The van der Waals surface area contributed by atoms with E-state index in [1.807, 2.05) is 0 Å². The number of hydrogen-bond donors (Lipinski definition) is 3. The van der Waals surface area contributed by atoms with Gasteiger partial charge >= 0.3 is 0 Å².